The molecule has 0 aliphatic rings. The van der Waals surface area contributed by atoms with Crippen LogP contribution in [-0.4, -0.2) is 11.7 Å². The van der Waals surface area contributed by atoms with Gasteiger partial charge in [-0.05, 0) is 37.0 Å². The Morgan fingerprint density at radius 2 is 2.00 bits per heavy atom. The molecule has 0 heterocycles. The minimum atomic E-state index is 0.224. The van der Waals surface area contributed by atoms with E-state index in [0.29, 0.717) is 0 Å². The highest BCUT2D eigenvalue weighted by Gasteiger charge is 1.91. The van der Waals surface area contributed by atoms with Gasteiger partial charge in [0.05, 0.1) is 0 Å². The number of rotatable bonds is 3. The minimum absolute atomic E-state index is 0.224. The Balaban J connectivity index is 2.73. The second-order valence-corrected chi connectivity index (χ2v) is 3.26. The van der Waals surface area contributed by atoms with E-state index in [1.807, 2.05) is 12.2 Å². The molecule has 0 bridgehead atoms. The Morgan fingerprint density at radius 3 is 2.62 bits per heavy atom. The second-order valence-electron chi connectivity index (χ2n) is 3.26. The standard InChI is InChI=1S/C12H16O/c1-10-6-7-12(9-11(10)2)5-3-4-8-13/h3,5-7,9,13H,4,8H2,1-2H3. The third kappa shape index (κ3) is 3.03. The lowest BCUT2D eigenvalue weighted by atomic mass is 10.1. The van der Waals surface area contributed by atoms with Crippen LogP contribution in [-0.2, 0) is 0 Å². The normalized spacial score (nSPS) is 11.0. The summed E-state index contributed by atoms with van der Waals surface area (Å²) >= 11 is 0. The van der Waals surface area contributed by atoms with Crippen LogP contribution in [0.2, 0.25) is 0 Å². The molecule has 1 N–H and O–H groups in total. The van der Waals surface area contributed by atoms with E-state index >= 15 is 0 Å². The Kier molecular flexibility index (Phi) is 3.71. The van der Waals surface area contributed by atoms with Gasteiger partial charge < -0.3 is 5.11 Å². The molecule has 1 nitrogen and oxygen atoms in total. The van der Waals surface area contributed by atoms with Crippen molar-refractivity contribution in [3.05, 3.63) is 41.0 Å². The van der Waals surface area contributed by atoms with E-state index in [1.54, 1.807) is 0 Å². The molecular formula is C12H16O. The third-order valence-corrected chi connectivity index (χ3v) is 2.14. The van der Waals surface area contributed by atoms with Crippen molar-refractivity contribution < 1.29 is 5.11 Å². The Labute approximate surface area is 79.7 Å². The Bertz CT molecular complexity index is 300. The average Bonchev–Trinajstić information content (AvgIpc) is 2.12. The fourth-order valence-electron chi connectivity index (χ4n) is 1.16. The molecule has 0 spiro atoms. The quantitative estimate of drug-likeness (QED) is 0.750. The predicted molar refractivity (Wildman–Crippen MR) is 56.7 cm³/mol. The zero-order valence-corrected chi connectivity index (χ0v) is 8.25. The Morgan fingerprint density at radius 1 is 1.23 bits per heavy atom. The molecular weight excluding hydrogens is 160 g/mol. The van der Waals surface area contributed by atoms with Crippen molar-refractivity contribution in [1.82, 2.24) is 0 Å². The molecule has 13 heavy (non-hydrogen) atoms. The van der Waals surface area contributed by atoms with Crippen molar-refractivity contribution in [2.24, 2.45) is 0 Å². The van der Waals surface area contributed by atoms with Crippen LogP contribution in [0.3, 0.4) is 0 Å². The van der Waals surface area contributed by atoms with E-state index in [4.69, 9.17) is 5.11 Å². The van der Waals surface area contributed by atoms with Gasteiger partial charge in [-0.15, -0.1) is 0 Å². The van der Waals surface area contributed by atoms with Gasteiger partial charge in [0.25, 0.3) is 0 Å². The summed E-state index contributed by atoms with van der Waals surface area (Å²) in [7, 11) is 0. The molecule has 1 rings (SSSR count). The molecule has 0 fully saturated rings. The minimum Gasteiger partial charge on any atom is -0.396 e. The molecule has 0 radical (unpaired) electrons. The molecule has 0 saturated heterocycles. The lowest BCUT2D eigenvalue weighted by molar-refractivity contribution is 0.303. The number of hydrogen-bond donors (Lipinski definition) is 1. The summed E-state index contributed by atoms with van der Waals surface area (Å²) in [6.07, 6.45) is 4.76. The summed E-state index contributed by atoms with van der Waals surface area (Å²) in [4.78, 5) is 0. The molecule has 70 valence electrons. The van der Waals surface area contributed by atoms with E-state index in [9.17, 15) is 0 Å². The van der Waals surface area contributed by atoms with E-state index in [1.165, 1.54) is 16.7 Å². The highest BCUT2D eigenvalue weighted by Crippen LogP contribution is 2.11. The van der Waals surface area contributed by atoms with Gasteiger partial charge in [-0.2, -0.15) is 0 Å². The maximum absolute atomic E-state index is 8.59. The van der Waals surface area contributed by atoms with Gasteiger partial charge in [-0.25, -0.2) is 0 Å². The SMILES string of the molecule is Cc1ccc(C=CCCO)cc1C. The third-order valence-electron chi connectivity index (χ3n) is 2.14. The van der Waals surface area contributed by atoms with Crippen LogP contribution in [0.15, 0.2) is 24.3 Å². The fraction of sp³-hybridized carbons (Fsp3) is 0.333. The van der Waals surface area contributed by atoms with Crippen molar-refractivity contribution in [2.45, 2.75) is 20.3 Å². The monoisotopic (exact) mass is 176 g/mol. The van der Waals surface area contributed by atoms with Gasteiger partial charge >= 0.3 is 0 Å². The fourth-order valence-corrected chi connectivity index (χ4v) is 1.16. The van der Waals surface area contributed by atoms with Gasteiger partial charge in [0, 0.05) is 6.61 Å². The molecule has 0 atom stereocenters. The first-order valence-corrected chi connectivity index (χ1v) is 4.58. The first-order chi connectivity index (χ1) is 6.24. The highest BCUT2D eigenvalue weighted by molar-refractivity contribution is 5.51. The van der Waals surface area contributed by atoms with Crippen molar-refractivity contribution in [3.63, 3.8) is 0 Å². The molecule has 1 aromatic rings. The zero-order valence-electron chi connectivity index (χ0n) is 8.25. The summed E-state index contributed by atoms with van der Waals surface area (Å²) in [6.45, 7) is 4.44. The van der Waals surface area contributed by atoms with Crippen LogP contribution in [0.5, 0.6) is 0 Å². The van der Waals surface area contributed by atoms with E-state index in [-0.39, 0.29) is 6.61 Å². The molecule has 0 saturated carbocycles. The van der Waals surface area contributed by atoms with Gasteiger partial charge in [0.15, 0.2) is 0 Å². The van der Waals surface area contributed by atoms with E-state index in [0.717, 1.165) is 6.42 Å². The maximum atomic E-state index is 8.59. The molecule has 0 aliphatic heterocycles. The summed E-state index contributed by atoms with van der Waals surface area (Å²) in [5.74, 6) is 0. The van der Waals surface area contributed by atoms with Crippen molar-refractivity contribution >= 4 is 6.08 Å². The number of aliphatic hydroxyl groups excluding tert-OH is 1. The topological polar surface area (TPSA) is 20.2 Å². The number of benzene rings is 1. The predicted octanol–water partition coefficient (Wildman–Crippen LogP) is 2.70. The molecule has 0 aliphatic carbocycles. The molecule has 0 aromatic heterocycles. The van der Waals surface area contributed by atoms with Crippen LogP contribution in [0, 0.1) is 13.8 Å². The largest absolute Gasteiger partial charge is 0.396 e. The Hall–Kier alpha value is -1.08. The van der Waals surface area contributed by atoms with Gasteiger partial charge in [-0.3, -0.25) is 0 Å². The molecule has 1 aromatic carbocycles. The number of hydrogen-bond acceptors (Lipinski definition) is 1. The van der Waals surface area contributed by atoms with E-state index < -0.39 is 0 Å². The number of aliphatic hydroxyl groups is 1. The summed E-state index contributed by atoms with van der Waals surface area (Å²) in [6, 6.07) is 6.37. The summed E-state index contributed by atoms with van der Waals surface area (Å²) < 4.78 is 0. The van der Waals surface area contributed by atoms with Gasteiger partial charge in [0.2, 0.25) is 0 Å². The van der Waals surface area contributed by atoms with Crippen LogP contribution < -0.4 is 0 Å². The van der Waals surface area contributed by atoms with Crippen molar-refractivity contribution in [3.8, 4) is 0 Å². The second kappa shape index (κ2) is 4.83. The lowest BCUT2D eigenvalue weighted by Crippen LogP contribution is -1.81. The van der Waals surface area contributed by atoms with Crippen LogP contribution in [0.1, 0.15) is 23.1 Å². The first kappa shape index (κ1) is 10.0. The highest BCUT2D eigenvalue weighted by atomic mass is 16.2. The number of aryl methyl sites for hydroxylation is 2. The molecule has 0 amide bonds. The summed E-state index contributed by atoms with van der Waals surface area (Å²) in [5.41, 5.74) is 3.84. The maximum Gasteiger partial charge on any atom is 0.0465 e. The molecule has 0 unspecified atom stereocenters. The van der Waals surface area contributed by atoms with Crippen molar-refractivity contribution in [1.29, 1.82) is 0 Å². The van der Waals surface area contributed by atoms with Crippen LogP contribution in [0.4, 0.5) is 0 Å². The first-order valence-electron chi connectivity index (χ1n) is 4.58. The average molecular weight is 176 g/mol. The van der Waals surface area contributed by atoms with Crippen LogP contribution in [0.25, 0.3) is 6.08 Å². The zero-order chi connectivity index (χ0) is 9.68. The van der Waals surface area contributed by atoms with Gasteiger partial charge in [0.1, 0.15) is 0 Å². The lowest BCUT2D eigenvalue weighted by Gasteiger charge is -2.00. The van der Waals surface area contributed by atoms with Crippen LogP contribution >= 0.6 is 0 Å². The van der Waals surface area contributed by atoms with Gasteiger partial charge in [-0.1, -0.05) is 30.4 Å². The van der Waals surface area contributed by atoms with E-state index in [2.05, 4.69) is 32.0 Å². The van der Waals surface area contributed by atoms with Crippen molar-refractivity contribution in [2.75, 3.05) is 6.61 Å². The summed E-state index contributed by atoms with van der Waals surface area (Å²) in [5, 5.41) is 8.59. The molecule has 1 heteroatoms. The smallest absolute Gasteiger partial charge is 0.0465 e.